The number of nitrogens with one attached hydrogen (secondary N) is 1. The lowest BCUT2D eigenvalue weighted by Crippen LogP contribution is -2.28. The second-order valence-electron chi connectivity index (χ2n) is 4.35. The van der Waals surface area contributed by atoms with Crippen LogP contribution < -0.4 is 10.1 Å². The molecule has 0 saturated carbocycles. The van der Waals surface area contributed by atoms with Gasteiger partial charge in [-0.1, -0.05) is 13.8 Å². The maximum absolute atomic E-state index is 13.7. The zero-order chi connectivity index (χ0) is 13.1. The largest absolute Gasteiger partial charge is 0.496 e. The molecule has 0 unspecified atom stereocenters. The summed E-state index contributed by atoms with van der Waals surface area (Å²) in [6, 6.07) is 4.55. The van der Waals surface area contributed by atoms with Crippen LogP contribution in [0, 0.1) is 0 Å². The maximum Gasteiger partial charge on any atom is 0.285 e. The van der Waals surface area contributed by atoms with Crippen LogP contribution in [0.25, 0.3) is 0 Å². The normalized spacial score (nSPS) is 11.9. The fourth-order valence-corrected chi connectivity index (χ4v) is 1.74. The van der Waals surface area contributed by atoms with Crippen molar-refractivity contribution in [2.24, 2.45) is 0 Å². The molecule has 1 rings (SSSR count). The maximum atomic E-state index is 13.7. The second-order valence-corrected chi connectivity index (χ2v) is 4.35. The van der Waals surface area contributed by atoms with Gasteiger partial charge in [0.2, 0.25) is 0 Å². The predicted octanol–water partition coefficient (Wildman–Crippen LogP) is 3.13. The smallest absolute Gasteiger partial charge is 0.285 e. The van der Waals surface area contributed by atoms with Crippen LogP contribution >= 0.6 is 0 Å². The van der Waals surface area contributed by atoms with Gasteiger partial charge in [0.1, 0.15) is 5.75 Å². The standard InChI is InChI=1S/C13H19F2NO/c1-9(2)11-7-10(5-6-12(11)17-4)13(14,15)8-16-3/h5-7,9,16H,8H2,1-4H3. The van der Waals surface area contributed by atoms with Crippen molar-refractivity contribution in [1.82, 2.24) is 5.32 Å². The number of methoxy groups -OCH3 is 1. The Kier molecular flexibility index (Phi) is 4.46. The summed E-state index contributed by atoms with van der Waals surface area (Å²) in [7, 11) is 3.06. The molecule has 4 heteroatoms. The van der Waals surface area contributed by atoms with Gasteiger partial charge in [-0.15, -0.1) is 0 Å². The number of halogens is 2. The molecule has 0 spiro atoms. The van der Waals surface area contributed by atoms with E-state index < -0.39 is 5.92 Å². The third-order valence-corrected chi connectivity index (χ3v) is 2.67. The molecule has 0 aromatic heterocycles. The first-order chi connectivity index (χ1) is 7.92. The van der Waals surface area contributed by atoms with Crippen molar-refractivity contribution in [3.8, 4) is 5.75 Å². The lowest BCUT2D eigenvalue weighted by atomic mass is 9.97. The highest BCUT2D eigenvalue weighted by molar-refractivity contribution is 5.40. The second kappa shape index (κ2) is 5.45. The summed E-state index contributed by atoms with van der Waals surface area (Å²) < 4.78 is 32.6. The van der Waals surface area contributed by atoms with Gasteiger partial charge in [-0.3, -0.25) is 0 Å². The van der Waals surface area contributed by atoms with Gasteiger partial charge >= 0.3 is 0 Å². The average molecular weight is 243 g/mol. The summed E-state index contributed by atoms with van der Waals surface area (Å²) in [5.41, 5.74) is 0.831. The summed E-state index contributed by atoms with van der Waals surface area (Å²) in [6.45, 7) is 3.55. The number of alkyl halides is 2. The van der Waals surface area contributed by atoms with Crippen LogP contribution in [0.5, 0.6) is 5.75 Å². The average Bonchev–Trinajstić information content (AvgIpc) is 2.28. The Bertz CT molecular complexity index is 378. The Balaban J connectivity index is 3.16. The van der Waals surface area contributed by atoms with Crippen molar-refractivity contribution in [2.75, 3.05) is 20.7 Å². The van der Waals surface area contributed by atoms with E-state index in [1.165, 1.54) is 19.2 Å². The van der Waals surface area contributed by atoms with Crippen molar-refractivity contribution in [2.45, 2.75) is 25.7 Å². The van der Waals surface area contributed by atoms with E-state index >= 15 is 0 Å². The molecule has 0 saturated heterocycles. The molecule has 1 N–H and O–H groups in total. The van der Waals surface area contributed by atoms with E-state index in [4.69, 9.17) is 4.74 Å². The van der Waals surface area contributed by atoms with E-state index in [9.17, 15) is 8.78 Å². The van der Waals surface area contributed by atoms with Gasteiger partial charge in [0.15, 0.2) is 0 Å². The van der Waals surface area contributed by atoms with Gasteiger partial charge < -0.3 is 10.1 Å². The molecule has 0 aliphatic carbocycles. The molecule has 2 nitrogen and oxygen atoms in total. The van der Waals surface area contributed by atoms with Gasteiger partial charge in [0.05, 0.1) is 13.7 Å². The molecule has 0 aliphatic heterocycles. The molecule has 0 atom stereocenters. The van der Waals surface area contributed by atoms with Gasteiger partial charge in [-0.25, -0.2) is 0 Å². The number of hydrogen-bond acceptors (Lipinski definition) is 2. The van der Waals surface area contributed by atoms with Gasteiger partial charge in [-0.2, -0.15) is 8.78 Å². The minimum absolute atomic E-state index is 0.0244. The van der Waals surface area contributed by atoms with Crippen LogP contribution in [0.2, 0.25) is 0 Å². The molecule has 17 heavy (non-hydrogen) atoms. The van der Waals surface area contributed by atoms with Crippen LogP contribution in [0.1, 0.15) is 30.9 Å². The highest BCUT2D eigenvalue weighted by atomic mass is 19.3. The Morgan fingerprint density at radius 3 is 2.47 bits per heavy atom. The number of benzene rings is 1. The third kappa shape index (κ3) is 3.16. The zero-order valence-corrected chi connectivity index (χ0v) is 10.7. The van der Waals surface area contributed by atoms with Crippen molar-refractivity contribution in [3.63, 3.8) is 0 Å². The molecular formula is C13H19F2NO. The molecule has 0 bridgehead atoms. The molecule has 0 aliphatic rings. The van der Waals surface area contributed by atoms with Crippen molar-refractivity contribution < 1.29 is 13.5 Å². The first kappa shape index (κ1) is 13.9. The Labute approximate surface area is 101 Å². The van der Waals surface area contributed by atoms with E-state index in [0.29, 0.717) is 5.75 Å². The van der Waals surface area contributed by atoms with Crippen LogP contribution in [-0.2, 0) is 5.92 Å². The SMILES string of the molecule is CNCC(F)(F)c1ccc(OC)c(C(C)C)c1. The summed E-state index contributed by atoms with van der Waals surface area (Å²) in [5, 5.41) is 2.50. The number of likely N-dealkylation sites (N-methyl/N-ethyl adjacent to an activating group) is 1. The Morgan fingerprint density at radius 2 is 2.00 bits per heavy atom. The third-order valence-electron chi connectivity index (χ3n) is 2.67. The topological polar surface area (TPSA) is 21.3 Å². The van der Waals surface area contributed by atoms with Crippen molar-refractivity contribution in [3.05, 3.63) is 29.3 Å². The number of ether oxygens (including phenoxy) is 1. The van der Waals surface area contributed by atoms with E-state index in [1.54, 1.807) is 13.2 Å². The Hall–Kier alpha value is -1.16. The summed E-state index contributed by atoms with van der Waals surface area (Å²) in [6.07, 6.45) is 0. The predicted molar refractivity (Wildman–Crippen MR) is 64.9 cm³/mol. The van der Waals surface area contributed by atoms with Crippen LogP contribution in [0.3, 0.4) is 0 Å². The first-order valence-corrected chi connectivity index (χ1v) is 5.63. The van der Waals surface area contributed by atoms with Gasteiger partial charge in [-0.05, 0) is 36.7 Å². The van der Waals surface area contributed by atoms with Crippen LogP contribution in [0.4, 0.5) is 8.78 Å². The lowest BCUT2D eigenvalue weighted by molar-refractivity contribution is -0.00137. The summed E-state index contributed by atoms with van der Waals surface area (Å²) in [4.78, 5) is 0. The van der Waals surface area contributed by atoms with E-state index in [-0.39, 0.29) is 18.0 Å². The molecule has 0 fully saturated rings. The fourth-order valence-electron chi connectivity index (χ4n) is 1.74. The monoisotopic (exact) mass is 243 g/mol. The van der Waals surface area contributed by atoms with Crippen molar-refractivity contribution >= 4 is 0 Å². The molecule has 96 valence electrons. The van der Waals surface area contributed by atoms with Crippen LogP contribution in [-0.4, -0.2) is 20.7 Å². The van der Waals surface area contributed by atoms with Crippen LogP contribution in [0.15, 0.2) is 18.2 Å². The Morgan fingerprint density at radius 1 is 1.35 bits per heavy atom. The highest BCUT2D eigenvalue weighted by Gasteiger charge is 2.31. The summed E-state index contributed by atoms with van der Waals surface area (Å²) in [5.74, 6) is -2.05. The molecular weight excluding hydrogens is 224 g/mol. The van der Waals surface area contributed by atoms with E-state index in [1.807, 2.05) is 13.8 Å². The molecule has 0 amide bonds. The number of rotatable bonds is 5. The molecule has 1 aromatic rings. The lowest BCUT2D eigenvalue weighted by Gasteiger charge is -2.19. The molecule has 0 radical (unpaired) electrons. The fraction of sp³-hybridized carbons (Fsp3) is 0.538. The molecule has 0 heterocycles. The van der Waals surface area contributed by atoms with Gasteiger partial charge in [0, 0.05) is 5.56 Å². The first-order valence-electron chi connectivity index (χ1n) is 5.63. The quantitative estimate of drug-likeness (QED) is 0.857. The van der Waals surface area contributed by atoms with Gasteiger partial charge in [0.25, 0.3) is 5.92 Å². The van der Waals surface area contributed by atoms with E-state index in [0.717, 1.165) is 5.56 Å². The number of hydrogen-bond donors (Lipinski definition) is 1. The molecule has 1 aromatic carbocycles. The summed E-state index contributed by atoms with van der Waals surface area (Å²) >= 11 is 0. The highest BCUT2D eigenvalue weighted by Crippen LogP contribution is 2.34. The van der Waals surface area contributed by atoms with E-state index in [2.05, 4.69) is 5.32 Å². The van der Waals surface area contributed by atoms with Crippen molar-refractivity contribution in [1.29, 1.82) is 0 Å². The zero-order valence-electron chi connectivity index (χ0n) is 10.7. The minimum Gasteiger partial charge on any atom is -0.496 e. The minimum atomic E-state index is -2.86.